The molecule has 0 saturated heterocycles. The SMILES string of the molecule is CCS(CC)=NC(=O)OCCCn1c(=O)oc2ccc(Cl)cc21. The molecule has 2 rings (SSSR count). The molecule has 8 heteroatoms. The zero-order valence-electron chi connectivity index (χ0n) is 13.1. The first-order valence-electron chi connectivity index (χ1n) is 7.40. The van der Waals surface area contributed by atoms with Crippen LogP contribution < -0.4 is 5.76 Å². The Bertz CT molecular complexity index is 775. The summed E-state index contributed by atoms with van der Waals surface area (Å²) in [6, 6.07) is 5.00. The molecule has 1 aromatic carbocycles. The van der Waals surface area contributed by atoms with Gasteiger partial charge in [-0.15, -0.1) is 0 Å². The minimum Gasteiger partial charge on any atom is -0.447 e. The van der Waals surface area contributed by atoms with E-state index >= 15 is 0 Å². The number of amides is 1. The van der Waals surface area contributed by atoms with Crippen LogP contribution in [0, 0.1) is 0 Å². The molecule has 1 aromatic heterocycles. The Hall–Kier alpha value is -1.60. The molecule has 6 nitrogen and oxygen atoms in total. The van der Waals surface area contributed by atoms with E-state index in [1.54, 1.807) is 18.2 Å². The van der Waals surface area contributed by atoms with E-state index in [4.69, 9.17) is 20.8 Å². The third-order valence-electron chi connectivity index (χ3n) is 3.25. The zero-order valence-corrected chi connectivity index (χ0v) is 14.7. The molecule has 0 bridgehead atoms. The lowest BCUT2D eigenvalue weighted by molar-refractivity contribution is 0.154. The maximum Gasteiger partial charge on any atom is 0.439 e. The average molecular weight is 359 g/mol. The summed E-state index contributed by atoms with van der Waals surface area (Å²) in [7, 11) is -0.263. The van der Waals surface area contributed by atoms with E-state index < -0.39 is 11.8 Å². The van der Waals surface area contributed by atoms with Crippen molar-refractivity contribution in [2.75, 3.05) is 18.1 Å². The van der Waals surface area contributed by atoms with Gasteiger partial charge in [-0.2, -0.15) is 4.36 Å². The van der Waals surface area contributed by atoms with Crippen molar-refractivity contribution in [3.8, 4) is 0 Å². The van der Waals surface area contributed by atoms with E-state index in [9.17, 15) is 9.59 Å². The topological polar surface area (TPSA) is 73.8 Å². The number of ether oxygens (including phenoxy) is 1. The number of hydrogen-bond donors (Lipinski definition) is 0. The van der Waals surface area contributed by atoms with Crippen molar-refractivity contribution >= 4 is 39.5 Å². The van der Waals surface area contributed by atoms with Gasteiger partial charge in [0.1, 0.15) is 0 Å². The van der Waals surface area contributed by atoms with Crippen LogP contribution in [0.2, 0.25) is 5.02 Å². The smallest absolute Gasteiger partial charge is 0.439 e. The van der Waals surface area contributed by atoms with E-state index in [1.807, 2.05) is 13.8 Å². The molecule has 1 amide bonds. The van der Waals surface area contributed by atoms with Crippen LogP contribution >= 0.6 is 11.6 Å². The zero-order chi connectivity index (χ0) is 16.8. The van der Waals surface area contributed by atoms with Crippen molar-refractivity contribution in [3.63, 3.8) is 0 Å². The summed E-state index contributed by atoms with van der Waals surface area (Å²) in [5.41, 5.74) is 1.12. The fraction of sp³-hybridized carbons (Fsp3) is 0.467. The summed E-state index contributed by atoms with van der Waals surface area (Å²) >= 11 is 5.94. The Morgan fingerprint density at radius 1 is 1.39 bits per heavy atom. The molecule has 1 heterocycles. The lowest BCUT2D eigenvalue weighted by Gasteiger charge is -2.04. The standard InChI is InChI=1S/C15H19ClN2O4S/c1-3-23(4-2)17-14(19)21-9-5-8-18-12-10-11(16)6-7-13(12)22-15(18)20/h6-7,10H,3-5,8-9H2,1-2H3. The molecule has 2 aromatic rings. The maximum atomic E-state index is 11.8. The number of aryl methyl sites for hydroxylation is 1. The highest BCUT2D eigenvalue weighted by molar-refractivity contribution is 7.87. The molecule has 0 unspecified atom stereocenters. The van der Waals surface area contributed by atoms with Gasteiger partial charge in [0.2, 0.25) is 0 Å². The van der Waals surface area contributed by atoms with Crippen molar-refractivity contribution in [1.29, 1.82) is 0 Å². The third kappa shape index (κ3) is 4.68. The molecule has 23 heavy (non-hydrogen) atoms. The highest BCUT2D eigenvalue weighted by atomic mass is 35.5. The van der Waals surface area contributed by atoms with Gasteiger partial charge < -0.3 is 9.15 Å². The normalized spacial score (nSPS) is 11.1. The van der Waals surface area contributed by atoms with Gasteiger partial charge in [-0.3, -0.25) is 4.57 Å². The molecule has 0 aliphatic heterocycles. The quantitative estimate of drug-likeness (QED) is 0.739. The number of nitrogens with zero attached hydrogens (tertiary/aromatic N) is 2. The second kappa shape index (κ2) is 8.31. The predicted molar refractivity (Wildman–Crippen MR) is 92.3 cm³/mol. The summed E-state index contributed by atoms with van der Waals surface area (Å²) in [6.07, 6.45) is -0.0431. The first-order valence-corrected chi connectivity index (χ1v) is 9.30. The van der Waals surface area contributed by atoms with Gasteiger partial charge in [-0.1, -0.05) is 36.1 Å². The average Bonchev–Trinajstić information content (AvgIpc) is 2.84. The number of fused-ring (bicyclic) bond motifs is 1. The van der Waals surface area contributed by atoms with E-state index in [0.29, 0.717) is 29.1 Å². The Kier molecular flexibility index (Phi) is 6.41. The van der Waals surface area contributed by atoms with Gasteiger partial charge in [-0.05, 0) is 24.6 Å². The van der Waals surface area contributed by atoms with Crippen molar-refractivity contribution < 1.29 is 13.9 Å². The van der Waals surface area contributed by atoms with E-state index in [0.717, 1.165) is 11.5 Å². The third-order valence-corrected chi connectivity index (χ3v) is 5.23. The Morgan fingerprint density at radius 2 is 2.13 bits per heavy atom. The van der Waals surface area contributed by atoms with Crippen LogP contribution in [0.25, 0.3) is 11.1 Å². The number of aromatic nitrogens is 1. The maximum absolute atomic E-state index is 11.8. The highest BCUT2D eigenvalue weighted by Crippen LogP contribution is 2.18. The summed E-state index contributed by atoms with van der Waals surface area (Å²) in [6.45, 7) is 4.56. The summed E-state index contributed by atoms with van der Waals surface area (Å²) in [5.74, 6) is 1.22. The second-order valence-electron chi connectivity index (χ2n) is 4.73. The van der Waals surface area contributed by atoms with Crippen molar-refractivity contribution in [2.45, 2.75) is 26.8 Å². The number of carbonyl (C=O) groups excluding carboxylic acids is 1. The molecule has 0 N–H and O–H groups in total. The van der Waals surface area contributed by atoms with Crippen molar-refractivity contribution in [3.05, 3.63) is 33.8 Å². The minimum absolute atomic E-state index is 0.201. The molecule has 0 aliphatic rings. The molecule has 126 valence electrons. The Morgan fingerprint density at radius 3 is 2.83 bits per heavy atom. The fourth-order valence-electron chi connectivity index (χ4n) is 2.09. The fourth-order valence-corrected chi connectivity index (χ4v) is 3.19. The van der Waals surface area contributed by atoms with Gasteiger partial charge in [0.25, 0.3) is 0 Å². The van der Waals surface area contributed by atoms with Crippen molar-refractivity contribution in [1.82, 2.24) is 4.57 Å². The van der Waals surface area contributed by atoms with Gasteiger partial charge in [0.15, 0.2) is 5.58 Å². The molecular weight excluding hydrogens is 340 g/mol. The number of halogens is 1. The lowest BCUT2D eigenvalue weighted by Crippen LogP contribution is -2.16. The number of carbonyl (C=O) groups is 1. The van der Waals surface area contributed by atoms with Crippen molar-refractivity contribution in [2.24, 2.45) is 4.36 Å². The van der Waals surface area contributed by atoms with Crippen LogP contribution in [0.5, 0.6) is 0 Å². The summed E-state index contributed by atoms with van der Waals surface area (Å²) < 4.78 is 15.7. The Balaban J connectivity index is 1.94. The molecule has 0 atom stereocenters. The summed E-state index contributed by atoms with van der Waals surface area (Å²) in [4.78, 5) is 23.4. The molecule has 0 aliphatic carbocycles. The molecule has 0 spiro atoms. The van der Waals surface area contributed by atoms with E-state index in [2.05, 4.69) is 4.36 Å². The van der Waals surface area contributed by atoms with Crippen LogP contribution in [0.15, 0.2) is 31.8 Å². The van der Waals surface area contributed by atoms with Crippen LogP contribution in [0.1, 0.15) is 20.3 Å². The number of benzene rings is 1. The molecule has 0 fully saturated rings. The highest BCUT2D eigenvalue weighted by Gasteiger charge is 2.10. The number of oxazole rings is 1. The van der Waals surface area contributed by atoms with Gasteiger partial charge in [0.05, 0.1) is 12.1 Å². The van der Waals surface area contributed by atoms with Crippen LogP contribution in [0.3, 0.4) is 0 Å². The van der Waals surface area contributed by atoms with Gasteiger partial charge >= 0.3 is 11.8 Å². The first-order chi connectivity index (χ1) is 11.0. The lowest BCUT2D eigenvalue weighted by atomic mass is 10.3. The van der Waals surface area contributed by atoms with Gasteiger partial charge in [-0.25, -0.2) is 9.59 Å². The van der Waals surface area contributed by atoms with Crippen LogP contribution in [-0.4, -0.2) is 28.8 Å². The Labute approximate surface area is 141 Å². The number of hydrogen-bond acceptors (Lipinski definition) is 4. The van der Waals surface area contributed by atoms with Gasteiger partial charge in [0, 0.05) is 23.1 Å². The van der Waals surface area contributed by atoms with E-state index in [-0.39, 0.29) is 17.3 Å². The largest absolute Gasteiger partial charge is 0.447 e. The summed E-state index contributed by atoms with van der Waals surface area (Å²) in [5, 5.41) is 0.531. The predicted octanol–water partition coefficient (Wildman–Crippen LogP) is 3.62. The van der Waals surface area contributed by atoms with E-state index in [1.165, 1.54) is 4.57 Å². The molecule has 0 saturated carbocycles. The molecular formula is C15H19ClN2O4S. The molecule has 0 radical (unpaired) electrons. The van der Waals surface area contributed by atoms with Crippen LogP contribution in [-0.2, 0) is 22.0 Å². The minimum atomic E-state index is -0.538. The van der Waals surface area contributed by atoms with Crippen LogP contribution in [0.4, 0.5) is 4.79 Å². The first kappa shape index (κ1) is 17.7. The number of rotatable bonds is 6. The second-order valence-corrected chi connectivity index (χ2v) is 7.43. The monoisotopic (exact) mass is 358 g/mol.